The molecule has 2 aromatic carbocycles. The van der Waals surface area contributed by atoms with Crippen LogP contribution in [-0.2, 0) is 16.8 Å². The fraction of sp³-hybridized carbons (Fsp3) is 0.435. The zero-order valence-electron chi connectivity index (χ0n) is 16.6. The molecule has 144 valence electrons. The number of nitrogens with zero attached hydrogens (tertiary/aromatic N) is 1. The zero-order valence-corrected chi connectivity index (χ0v) is 16.6. The molecule has 0 aromatic heterocycles. The van der Waals surface area contributed by atoms with E-state index in [0.29, 0.717) is 6.54 Å². The van der Waals surface area contributed by atoms with Crippen molar-refractivity contribution in [2.75, 3.05) is 26.1 Å². The maximum Gasteiger partial charge on any atom is 0.230 e. The lowest BCUT2D eigenvalue weighted by Crippen LogP contribution is -2.45. The summed E-state index contributed by atoms with van der Waals surface area (Å²) in [4.78, 5) is 15.4. The minimum atomic E-state index is -0.427. The van der Waals surface area contributed by atoms with Crippen molar-refractivity contribution >= 4 is 11.6 Å². The Bertz CT molecular complexity index is 762. The number of anilines is 1. The molecule has 0 unspecified atom stereocenters. The van der Waals surface area contributed by atoms with E-state index in [-0.39, 0.29) is 5.91 Å². The second-order valence-corrected chi connectivity index (χ2v) is 7.62. The van der Waals surface area contributed by atoms with Gasteiger partial charge < -0.3 is 15.0 Å². The van der Waals surface area contributed by atoms with Crippen LogP contribution in [0.2, 0.25) is 0 Å². The average Bonchev–Trinajstić information content (AvgIpc) is 2.72. The van der Waals surface area contributed by atoms with Gasteiger partial charge in [-0.05, 0) is 48.2 Å². The van der Waals surface area contributed by atoms with Gasteiger partial charge in [-0.3, -0.25) is 4.79 Å². The van der Waals surface area contributed by atoms with Crippen LogP contribution in [-0.4, -0.2) is 27.1 Å². The summed E-state index contributed by atoms with van der Waals surface area (Å²) in [5.74, 6) is 0.966. The topological polar surface area (TPSA) is 41.6 Å². The van der Waals surface area contributed by atoms with E-state index in [4.69, 9.17) is 4.74 Å². The molecule has 27 heavy (non-hydrogen) atoms. The summed E-state index contributed by atoms with van der Waals surface area (Å²) in [6.07, 6.45) is 5.20. The van der Waals surface area contributed by atoms with Crippen molar-refractivity contribution in [1.29, 1.82) is 0 Å². The fourth-order valence-corrected chi connectivity index (χ4v) is 4.01. The summed E-state index contributed by atoms with van der Waals surface area (Å²) in [6, 6.07) is 16.3. The molecule has 1 aliphatic rings. The van der Waals surface area contributed by atoms with Crippen molar-refractivity contribution in [2.24, 2.45) is 0 Å². The van der Waals surface area contributed by atoms with Gasteiger partial charge in [-0.15, -0.1) is 0 Å². The van der Waals surface area contributed by atoms with E-state index >= 15 is 0 Å². The molecule has 0 atom stereocenters. The highest BCUT2D eigenvalue weighted by Crippen LogP contribution is 2.40. The highest BCUT2D eigenvalue weighted by molar-refractivity contribution is 5.88. The van der Waals surface area contributed by atoms with Crippen LogP contribution in [0.1, 0.15) is 43.2 Å². The molecule has 0 radical (unpaired) electrons. The largest absolute Gasteiger partial charge is 0.497 e. The van der Waals surface area contributed by atoms with Crippen LogP contribution in [0.5, 0.6) is 5.75 Å². The molecule has 1 amide bonds. The Morgan fingerprint density at radius 3 is 2.41 bits per heavy atom. The number of ether oxygens (including phenoxy) is 1. The molecule has 1 N–H and O–H groups in total. The summed E-state index contributed by atoms with van der Waals surface area (Å²) in [5.41, 5.74) is 2.94. The summed E-state index contributed by atoms with van der Waals surface area (Å²) in [7, 11) is 5.72. The molecule has 2 aromatic rings. The molecule has 0 saturated heterocycles. The maximum atomic E-state index is 13.3. The fourth-order valence-electron chi connectivity index (χ4n) is 4.01. The predicted molar refractivity (Wildman–Crippen MR) is 110 cm³/mol. The van der Waals surface area contributed by atoms with E-state index in [0.717, 1.165) is 48.2 Å². The van der Waals surface area contributed by atoms with Crippen molar-refractivity contribution < 1.29 is 9.53 Å². The maximum absolute atomic E-state index is 13.3. The van der Waals surface area contributed by atoms with Crippen LogP contribution in [0.3, 0.4) is 0 Å². The molecule has 4 nitrogen and oxygen atoms in total. The zero-order chi connectivity index (χ0) is 19.3. The van der Waals surface area contributed by atoms with E-state index in [1.54, 1.807) is 7.11 Å². The van der Waals surface area contributed by atoms with E-state index < -0.39 is 5.41 Å². The number of carbonyl (C=O) groups is 1. The van der Waals surface area contributed by atoms with Crippen molar-refractivity contribution in [2.45, 2.75) is 44.1 Å². The molecule has 1 aliphatic carbocycles. The Morgan fingerprint density at radius 1 is 1.07 bits per heavy atom. The number of benzene rings is 2. The van der Waals surface area contributed by atoms with Crippen LogP contribution in [0.25, 0.3) is 0 Å². The minimum Gasteiger partial charge on any atom is -0.497 e. The third kappa shape index (κ3) is 4.26. The van der Waals surface area contributed by atoms with E-state index in [1.807, 2.05) is 32.3 Å². The number of amides is 1. The normalized spacial score (nSPS) is 15.8. The monoisotopic (exact) mass is 366 g/mol. The standard InChI is InChI=1S/C23H30N2O2/c1-25(2)20-9-7-8-18(16-20)17-24-22(26)23(14-5-4-6-15-23)19-10-12-21(27-3)13-11-19/h7-13,16H,4-6,14-15,17H2,1-3H3,(H,24,26). The van der Waals surface area contributed by atoms with Crippen molar-refractivity contribution in [1.82, 2.24) is 5.32 Å². The summed E-state index contributed by atoms with van der Waals surface area (Å²) in [5, 5.41) is 3.21. The smallest absolute Gasteiger partial charge is 0.230 e. The lowest BCUT2D eigenvalue weighted by Gasteiger charge is -2.36. The summed E-state index contributed by atoms with van der Waals surface area (Å²) < 4.78 is 5.28. The minimum absolute atomic E-state index is 0.141. The van der Waals surface area contributed by atoms with Gasteiger partial charge in [0.25, 0.3) is 0 Å². The molecular formula is C23H30N2O2. The molecule has 0 aliphatic heterocycles. The Balaban J connectivity index is 1.78. The number of methoxy groups -OCH3 is 1. The molecule has 0 bridgehead atoms. The van der Waals surface area contributed by atoms with Gasteiger partial charge >= 0.3 is 0 Å². The first-order valence-electron chi connectivity index (χ1n) is 9.74. The molecule has 3 rings (SSSR count). The first kappa shape index (κ1) is 19.3. The van der Waals surface area contributed by atoms with Crippen LogP contribution >= 0.6 is 0 Å². The van der Waals surface area contributed by atoms with Gasteiger partial charge in [0.1, 0.15) is 5.75 Å². The molecule has 4 heteroatoms. The summed E-state index contributed by atoms with van der Waals surface area (Å²) >= 11 is 0. The van der Waals surface area contributed by atoms with Crippen LogP contribution in [0.4, 0.5) is 5.69 Å². The number of nitrogens with one attached hydrogen (secondary N) is 1. The van der Waals surface area contributed by atoms with Gasteiger partial charge in [-0.2, -0.15) is 0 Å². The van der Waals surface area contributed by atoms with Crippen molar-refractivity contribution in [3.8, 4) is 5.75 Å². The van der Waals surface area contributed by atoms with Gasteiger partial charge in [0.05, 0.1) is 12.5 Å². The lowest BCUT2D eigenvalue weighted by molar-refractivity contribution is -0.128. The molecule has 1 fully saturated rings. The predicted octanol–water partition coefficient (Wildman–Crippen LogP) is 4.28. The van der Waals surface area contributed by atoms with Gasteiger partial charge in [0, 0.05) is 26.3 Å². The number of rotatable bonds is 6. The second kappa shape index (κ2) is 8.47. The van der Waals surface area contributed by atoms with E-state index in [2.05, 4.69) is 40.5 Å². The van der Waals surface area contributed by atoms with Crippen molar-refractivity contribution in [3.05, 3.63) is 59.7 Å². The highest BCUT2D eigenvalue weighted by Gasteiger charge is 2.40. The van der Waals surface area contributed by atoms with E-state index in [9.17, 15) is 4.79 Å². The third-order valence-electron chi connectivity index (χ3n) is 5.66. The quantitative estimate of drug-likeness (QED) is 0.830. The molecule has 0 spiro atoms. The Labute approximate surface area is 162 Å². The second-order valence-electron chi connectivity index (χ2n) is 7.62. The molecular weight excluding hydrogens is 336 g/mol. The molecule has 1 saturated carbocycles. The Morgan fingerprint density at radius 2 is 1.78 bits per heavy atom. The van der Waals surface area contributed by atoms with Crippen LogP contribution in [0.15, 0.2) is 48.5 Å². The van der Waals surface area contributed by atoms with E-state index in [1.165, 1.54) is 6.42 Å². The average molecular weight is 367 g/mol. The van der Waals surface area contributed by atoms with Gasteiger partial charge in [-0.25, -0.2) is 0 Å². The SMILES string of the molecule is COc1ccc(C2(C(=O)NCc3cccc(N(C)C)c3)CCCCC2)cc1. The number of carbonyl (C=O) groups excluding carboxylic acids is 1. The number of hydrogen-bond acceptors (Lipinski definition) is 3. The third-order valence-corrected chi connectivity index (χ3v) is 5.66. The van der Waals surface area contributed by atoms with Gasteiger partial charge in [-0.1, -0.05) is 43.5 Å². The lowest BCUT2D eigenvalue weighted by atomic mass is 9.68. The van der Waals surface area contributed by atoms with Crippen LogP contribution in [0, 0.1) is 0 Å². The van der Waals surface area contributed by atoms with Crippen molar-refractivity contribution in [3.63, 3.8) is 0 Å². The number of hydrogen-bond donors (Lipinski definition) is 1. The van der Waals surface area contributed by atoms with Gasteiger partial charge in [0.2, 0.25) is 5.91 Å². The van der Waals surface area contributed by atoms with Gasteiger partial charge in [0.15, 0.2) is 0 Å². The first-order valence-corrected chi connectivity index (χ1v) is 9.74. The highest BCUT2D eigenvalue weighted by atomic mass is 16.5. The first-order chi connectivity index (χ1) is 13.0. The molecule has 0 heterocycles. The summed E-state index contributed by atoms with van der Waals surface area (Å²) in [6.45, 7) is 0.554. The Kier molecular flexibility index (Phi) is 6.04. The Hall–Kier alpha value is -2.49. The van der Waals surface area contributed by atoms with Crippen LogP contribution < -0.4 is 15.0 Å².